The number of rotatable bonds is 3. The van der Waals surface area contributed by atoms with Crippen molar-refractivity contribution in [3.63, 3.8) is 0 Å². The number of fused-ring (bicyclic) bond motifs is 4. The van der Waals surface area contributed by atoms with Gasteiger partial charge in [0.05, 0.1) is 11.6 Å². The SMILES string of the molecule is CCN1c2cc3c(cc2C(C)=CC1(C)C)C(c1nccn1C)=c1cc2c(cc1O3)=[N+](CC)C(C)(C)CC2C. The van der Waals surface area contributed by atoms with Crippen LogP contribution >= 0.6 is 0 Å². The predicted octanol–water partition coefficient (Wildman–Crippen LogP) is 5.59. The molecule has 5 heteroatoms. The van der Waals surface area contributed by atoms with E-state index in [0.29, 0.717) is 5.92 Å². The van der Waals surface area contributed by atoms with E-state index >= 15 is 0 Å². The van der Waals surface area contributed by atoms with Crippen molar-refractivity contribution in [3.05, 3.63) is 75.8 Å². The Bertz CT molecular complexity index is 1640. The highest BCUT2D eigenvalue weighted by molar-refractivity contribution is 5.90. The molecule has 1 aromatic heterocycles. The number of imidazole rings is 1. The first-order valence-electron chi connectivity index (χ1n) is 14.1. The van der Waals surface area contributed by atoms with Crippen molar-refractivity contribution in [3.8, 4) is 11.5 Å². The molecule has 3 aliphatic rings. The summed E-state index contributed by atoms with van der Waals surface area (Å²) >= 11 is 0. The van der Waals surface area contributed by atoms with Gasteiger partial charge in [-0.3, -0.25) is 0 Å². The summed E-state index contributed by atoms with van der Waals surface area (Å²) in [5.41, 5.74) is 7.53. The molecule has 0 saturated heterocycles. The van der Waals surface area contributed by atoms with Gasteiger partial charge >= 0.3 is 0 Å². The Morgan fingerprint density at radius 3 is 2.47 bits per heavy atom. The van der Waals surface area contributed by atoms with E-state index in [2.05, 4.69) is 107 Å². The fraction of sp³-hybridized carbons (Fsp3) is 0.455. The van der Waals surface area contributed by atoms with Gasteiger partial charge in [0.1, 0.15) is 23.9 Å². The second kappa shape index (κ2) is 8.33. The number of allylic oxidation sites excluding steroid dienone is 1. The van der Waals surface area contributed by atoms with E-state index in [1.807, 2.05) is 12.4 Å². The van der Waals surface area contributed by atoms with E-state index in [4.69, 9.17) is 9.72 Å². The molecule has 3 aromatic rings. The first-order valence-corrected chi connectivity index (χ1v) is 14.1. The van der Waals surface area contributed by atoms with Crippen molar-refractivity contribution in [2.24, 2.45) is 7.05 Å². The van der Waals surface area contributed by atoms with Crippen LogP contribution in [-0.2, 0) is 7.05 Å². The molecule has 0 saturated carbocycles. The number of hydrogen-bond acceptors (Lipinski definition) is 3. The van der Waals surface area contributed by atoms with Gasteiger partial charge in [0.15, 0.2) is 5.54 Å². The van der Waals surface area contributed by atoms with Crippen molar-refractivity contribution in [2.45, 2.75) is 78.8 Å². The third-order valence-electron chi connectivity index (χ3n) is 9.00. The minimum Gasteiger partial charge on any atom is -0.456 e. The summed E-state index contributed by atoms with van der Waals surface area (Å²) in [7, 11) is 2.08. The highest BCUT2D eigenvalue weighted by Gasteiger charge is 2.39. The maximum absolute atomic E-state index is 6.84. The standard InChI is InChI=1S/C33H41N4O/c1-10-36-26-16-28-24(14-22(26)20(3)18-32(36,5)6)30(31-34-12-13-35(31)9)25-15-23-21(4)19-33(7,8)37(11-2)27(23)17-29(25)38-28/h12-18,21H,10-11,19H2,1-9H3/q+1. The summed E-state index contributed by atoms with van der Waals surface area (Å²) in [5.74, 6) is 3.26. The van der Waals surface area contributed by atoms with Gasteiger partial charge in [0, 0.05) is 71.6 Å². The third-order valence-corrected chi connectivity index (χ3v) is 9.00. The van der Waals surface area contributed by atoms with Crippen LogP contribution in [0.3, 0.4) is 0 Å². The number of anilines is 1. The number of likely N-dealkylation sites (N-methyl/N-ethyl adjacent to an activating group) is 1. The number of aromatic nitrogens is 2. The molecule has 0 radical (unpaired) electrons. The lowest BCUT2D eigenvalue weighted by atomic mass is 9.81. The van der Waals surface area contributed by atoms with Crippen LogP contribution in [0.1, 0.15) is 90.2 Å². The zero-order chi connectivity index (χ0) is 27.1. The largest absolute Gasteiger partial charge is 0.456 e. The molecule has 5 nitrogen and oxygen atoms in total. The van der Waals surface area contributed by atoms with Gasteiger partial charge in [-0.05, 0) is 72.1 Å². The lowest BCUT2D eigenvalue weighted by Crippen LogP contribution is -2.52. The highest BCUT2D eigenvalue weighted by Crippen LogP contribution is 2.46. The van der Waals surface area contributed by atoms with Crippen LogP contribution < -0.4 is 24.8 Å². The fourth-order valence-corrected chi connectivity index (χ4v) is 7.46. The molecule has 1 unspecified atom stereocenters. The third kappa shape index (κ3) is 3.50. The smallest absolute Gasteiger partial charge is 0.207 e. The van der Waals surface area contributed by atoms with Crippen LogP contribution in [0.2, 0.25) is 0 Å². The maximum atomic E-state index is 6.84. The first-order chi connectivity index (χ1) is 18.0. The molecule has 2 aromatic carbocycles. The van der Waals surface area contributed by atoms with Crippen LogP contribution in [-0.4, -0.2) is 33.7 Å². The molecule has 3 aliphatic heterocycles. The molecule has 38 heavy (non-hydrogen) atoms. The van der Waals surface area contributed by atoms with Gasteiger partial charge in [-0.2, -0.15) is 0 Å². The van der Waals surface area contributed by atoms with Gasteiger partial charge in [0.2, 0.25) is 5.36 Å². The van der Waals surface area contributed by atoms with Crippen molar-refractivity contribution in [1.29, 1.82) is 0 Å². The van der Waals surface area contributed by atoms with Gasteiger partial charge in [-0.1, -0.05) is 13.0 Å². The molecule has 6 rings (SSSR count). The van der Waals surface area contributed by atoms with Crippen LogP contribution in [0.25, 0.3) is 11.1 Å². The van der Waals surface area contributed by atoms with E-state index in [9.17, 15) is 0 Å². The number of hydrogen-bond donors (Lipinski definition) is 0. The number of aryl methyl sites for hydroxylation is 1. The van der Waals surface area contributed by atoms with E-state index in [1.165, 1.54) is 27.7 Å². The molecule has 0 aliphatic carbocycles. The zero-order valence-corrected chi connectivity index (χ0v) is 24.4. The Labute approximate surface area is 226 Å². The molecule has 0 spiro atoms. The Morgan fingerprint density at radius 2 is 1.82 bits per heavy atom. The van der Waals surface area contributed by atoms with E-state index in [1.54, 1.807) is 0 Å². The summed E-state index contributed by atoms with van der Waals surface area (Å²) in [6.45, 7) is 20.3. The first kappa shape index (κ1) is 25.0. The van der Waals surface area contributed by atoms with Crippen molar-refractivity contribution < 1.29 is 4.74 Å². The Balaban J connectivity index is 1.72. The quantitative estimate of drug-likeness (QED) is 0.338. The topological polar surface area (TPSA) is 33.3 Å². The molecule has 1 atom stereocenters. The minimum absolute atomic E-state index is 0.0543. The van der Waals surface area contributed by atoms with Gasteiger partial charge in [-0.15, -0.1) is 0 Å². The van der Waals surface area contributed by atoms with Gasteiger partial charge < -0.3 is 14.2 Å². The Hall–Kier alpha value is -3.34. The summed E-state index contributed by atoms with van der Waals surface area (Å²) in [6.07, 6.45) is 7.44. The number of nitrogens with zero attached hydrogens (tertiary/aromatic N) is 4. The van der Waals surface area contributed by atoms with Crippen LogP contribution in [0, 0.1) is 0 Å². The Kier molecular flexibility index (Phi) is 5.47. The van der Waals surface area contributed by atoms with Crippen LogP contribution in [0.5, 0.6) is 11.5 Å². The Morgan fingerprint density at radius 1 is 1.05 bits per heavy atom. The highest BCUT2D eigenvalue weighted by atomic mass is 16.5. The number of ether oxygens (including phenoxy) is 1. The van der Waals surface area contributed by atoms with E-state index in [0.717, 1.165) is 53.2 Å². The average Bonchev–Trinajstić information content (AvgIpc) is 3.25. The second-order valence-electron chi connectivity index (χ2n) is 12.5. The summed E-state index contributed by atoms with van der Waals surface area (Å²) < 4.78 is 11.5. The monoisotopic (exact) mass is 509 g/mol. The molecular weight excluding hydrogens is 468 g/mol. The van der Waals surface area contributed by atoms with E-state index < -0.39 is 0 Å². The molecule has 0 amide bonds. The normalized spacial score (nSPS) is 20.7. The molecule has 0 bridgehead atoms. The van der Waals surface area contributed by atoms with Crippen LogP contribution in [0.4, 0.5) is 5.69 Å². The second-order valence-corrected chi connectivity index (χ2v) is 12.5. The predicted molar refractivity (Wildman–Crippen MR) is 157 cm³/mol. The zero-order valence-electron chi connectivity index (χ0n) is 24.4. The summed E-state index contributed by atoms with van der Waals surface area (Å²) in [6, 6.07) is 9.29. The molecular formula is C33H41N4O+. The lowest BCUT2D eigenvalue weighted by molar-refractivity contribution is 0.272. The van der Waals surface area contributed by atoms with Gasteiger partial charge in [-0.25, -0.2) is 9.56 Å². The average molecular weight is 510 g/mol. The minimum atomic E-state index is -0.0543. The maximum Gasteiger partial charge on any atom is 0.207 e. The van der Waals surface area contributed by atoms with Crippen LogP contribution in [0.15, 0.2) is 42.7 Å². The molecule has 198 valence electrons. The lowest BCUT2D eigenvalue weighted by Gasteiger charge is -2.43. The van der Waals surface area contributed by atoms with Crippen molar-refractivity contribution >= 4 is 16.8 Å². The molecule has 0 fully saturated rings. The summed E-state index contributed by atoms with van der Waals surface area (Å²) in [4.78, 5) is 7.32. The summed E-state index contributed by atoms with van der Waals surface area (Å²) in [5, 5.41) is 2.43. The van der Waals surface area contributed by atoms with E-state index in [-0.39, 0.29) is 11.1 Å². The molecule has 4 heterocycles. The number of benzene rings is 2. The van der Waals surface area contributed by atoms with Gasteiger partial charge in [0.25, 0.3) is 0 Å². The fourth-order valence-electron chi connectivity index (χ4n) is 7.46. The van der Waals surface area contributed by atoms with Crippen molar-refractivity contribution in [1.82, 2.24) is 14.1 Å². The van der Waals surface area contributed by atoms with Crippen molar-refractivity contribution in [2.75, 3.05) is 18.0 Å². The molecule has 0 N–H and O–H groups in total.